The second-order valence-electron chi connectivity index (χ2n) is 13.7. The minimum atomic E-state index is -0.588. The van der Waals surface area contributed by atoms with Crippen LogP contribution in [0.2, 0.25) is 5.02 Å². The van der Waals surface area contributed by atoms with E-state index in [0.717, 1.165) is 66.9 Å². The Hall–Kier alpha value is -4.30. The molecule has 1 atom stereocenters. The molecule has 5 rings (SSSR count). The number of anilines is 1. The zero-order chi connectivity index (χ0) is 35.3. The van der Waals surface area contributed by atoms with Gasteiger partial charge in [0.25, 0.3) is 5.91 Å². The largest absolute Gasteiger partial charge is 0.508 e. The molecule has 0 saturated carbocycles. The summed E-state index contributed by atoms with van der Waals surface area (Å²) in [5.41, 5.74) is 5.82. The third kappa shape index (κ3) is 10.8. The van der Waals surface area contributed by atoms with Gasteiger partial charge in [0.05, 0.1) is 5.69 Å². The average Bonchev–Trinajstić information content (AvgIpc) is 3.67. The fourth-order valence-electron chi connectivity index (χ4n) is 6.12. The van der Waals surface area contributed by atoms with Crippen LogP contribution in [0.3, 0.4) is 0 Å². The van der Waals surface area contributed by atoms with Crippen LogP contribution in [0.1, 0.15) is 119 Å². The lowest BCUT2D eigenvalue weighted by Gasteiger charge is -2.19. The second kappa shape index (κ2) is 18.6. The molecule has 2 aromatic heterocycles. The van der Waals surface area contributed by atoms with Crippen LogP contribution in [-0.2, 0) is 24.1 Å². The molecule has 5 aromatic rings. The van der Waals surface area contributed by atoms with Gasteiger partial charge in [0.15, 0.2) is 17.6 Å². The fraction of sp³-hybridized carbons (Fsp3) is 0.439. The molecule has 1 amide bonds. The number of nitrogens with zero attached hydrogens (tertiary/aromatic N) is 3. The molecule has 2 heterocycles. The number of aromatic hydroxyl groups is 1. The predicted molar refractivity (Wildman–Crippen MR) is 203 cm³/mol. The highest BCUT2D eigenvalue weighted by atomic mass is 35.5. The Morgan fingerprint density at radius 1 is 0.840 bits per heavy atom. The number of rotatable bonds is 20. The quantitative estimate of drug-likeness (QED) is 0.0702. The number of halogens is 1. The zero-order valence-electron chi connectivity index (χ0n) is 29.8. The number of H-pyrrole nitrogens is 1. The molecule has 3 N–H and O–H groups in total. The molecule has 266 valence electrons. The SMILES string of the molecule is CCCCCCCCCCC(Oc1ccc(Cc2ccc(O)cc2)cc1)C(=O)Nc1ccc(CCCc2[nH]n3nc(C(C)C)nc3c2Cl)cc1. The van der Waals surface area contributed by atoms with Crippen molar-refractivity contribution < 1.29 is 14.6 Å². The van der Waals surface area contributed by atoms with E-state index in [9.17, 15) is 9.90 Å². The van der Waals surface area contributed by atoms with Crippen LogP contribution < -0.4 is 10.1 Å². The van der Waals surface area contributed by atoms with Crippen LogP contribution in [-0.4, -0.2) is 36.9 Å². The van der Waals surface area contributed by atoms with Gasteiger partial charge in [0.1, 0.15) is 16.5 Å². The van der Waals surface area contributed by atoms with Crippen LogP contribution in [0.15, 0.2) is 72.8 Å². The van der Waals surface area contributed by atoms with E-state index in [2.05, 4.69) is 53.4 Å². The van der Waals surface area contributed by atoms with E-state index in [-0.39, 0.29) is 17.6 Å². The van der Waals surface area contributed by atoms with Gasteiger partial charge in [-0.2, -0.15) is 4.63 Å². The standard InChI is InChI=1S/C41H52ClN5O3/c1-4-5-6-7-8-9-10-11-15-37(50-35-26-20-32(21-27-35)28-31-18-24-34(48)25-19-31)41(49)43-33-22-16-30(17-23-33)13-12-14-36-38(42)40-44-39(29(2)3)46-47(40)45-36/h16-27,29,37,45,48H,4-15,28H2,1-3H3,(H,43,49). The highest BCUT2D eigenvalue weighted by Gasteiger charge is 2.21. The summed E-state index contributed by atoms with van der Waals surface area (Å²) in [6.07, 6.45) is 13.0. The van der Waals surface area contributed by atoms with Gasteiger partial charge >= 0.3 is 0 Å². The van der Waals surface area contributed by atoms with Crippen molar-refractivity contribution in [2.45, 2.75) is 116 Å². The molecule has 0 radical (unpaired) electrons. The summed E-state index contributed by atoms with van der Waals surface area (Å²) in [5, 5.41) is 21.1. The van der Waals surface area contributed by atoms with Gasteiger partial charge < -0.3 is 15.2 Å². The Kier molecular flexibility index (Phi) is 13.8. The van der Waals surface area contributed by atoms with E-state index in [1.807, 2.05) is 48.5 Å². The van der Waals surface area contributed by atoms with Gasteiger partial charge in [-0.15, -0.1) is 5.10 Å². The summed E-state index contributed by atoms with van der Waals surface area (Å²) in [6.45, 7) is 6.36. The van der Waals surface area contributed by atoms with Crippen molar-refractivity contribution in [3.63, 3.8) is 0 Å². The predicted octanol–water partition coefficient (Wildman–Crippen LogP) is 10.2. The minimum absolute atomic E-state index is 0.130. The van der Waals surface area contributed by atoms with E-state index in [0.29, 0.717) is 22.8 Å². The summed E-state index contributed by atoms with van der Waals surface area (Å²) in [7, 11) is 0. The number of ether oxygens (including phenoxy) is 1. The van der Waals surface area contributed by atoms with Crippen molar-refractivity contribution in [1.82, 2.24) is 19.8 Å². The molecular formula is C41H52ClN5O3. The van der Waals surface area contributed by atoms with Crippen molar-refractivity contribution in [2.24, 2.45) is 0 Å². The number of aryl methyl sites for hydroxylation is 2. The van der Waals surface area contributed by atoms with Gasteiger partial charge in [-0.25, -0.2) is 4.98 Å². The Balaban J connectivity index is 1.14. The molecule has 0 aliphatic heterocycles. The van der Waals surface area contributed by atoms with E-state index in [1.165, 1.54) is 44.1 Å². The van der Waals surface area contributed by atoms with E-state index in [1.54, 1.807) is 16.8 Å². The van der Waals surface area contributed by atoms with Gasteiger partial charge in [0.2, 0.25) is 0 Å². The van der Waals surface area contributed by atoms with Crippen LogP contribution in [0.5, 0.6) is 11.5 Å². The van der Waals surface area contributed by atoms with Gasteiger partial charge in [0, 0.05) is 11.6 Å². The van der Waals surface area contributed by atoms with Crippen molar-refractivity contribution in [3.05, 3.63) is 106 Å². The van der Waals surface area contributed by atoms with Crippen molar-refractivity contribution in [3.8, 4) is 11.5 Å². The van der Waals surface area contributed by atoms with Crippen LogP contribution in [0, 0.1) is 0 Å². The highest BCUT2D eigenvalue weighted by Crippen LogP contribution is 2.25. The third-order valence-electron chi connectivity index (χ3n) is 9.11. The second-order valence-corrected chi connectivity index (χ2v) is 14.0. The number of amides is 1. The number of hydrogen-bond acceptors (Lipinski definition) is 5. The molecule has 0 saturated heterocycles. The third-order valence-corrected chi connectivity index (χ3v) is 9.51. The molecular weight excluding hydrogens is 646 g/mol. The number of aromatic amines is 1. The first-order valence-corrected chi connectivity index (χ1v) is 18.7. The molecule has 9 heteroatoms. The molecule has 0 aliphatic carbocycles. The summed E-state index contributed by atoms with van der Waals surface area (Å²) in [5.74, 6) is 1.83. The molecule has 50 heavy (non-hydrogen) atoms. The Morgan fingerprint density at radius 2 is 1.46 bits per heavy atom. The maximum Gasteiger partial charge on any atom is 0.265 e. The molecule has 1 unspecified atom stereocenters. The molecule has 8 nitrogen and oxygen atoms in total. The summed E-state index contributed by atoms with van der Waals surface area (Å²) < 4.78 is 7.99. The van der Waals surface area contributed by atoms with E-state index in [4.69, 9.17) is 16.3 Å². The number of phenols is 1. The van der Waals surface area contributed by atoms with E-state index < -0.39 is 6.10 Å². The number of unbranched alkanes of at least 4 members (excludes halogenated alkanes) is 7. The monoisotopic (exact) mass is 697 g/mol. The first kappa shape index (κ1) is 37.0. The number of aromatic nitrogens is 4. The lowest BCUT2D eigenvalue weighted by Crippen LogP contribution is -2.33. The number of carbonyl (C=O) groups excluding carboxylic acids is 1. The van der Waals surface area contributed by atoms with Crippen LogP contribution in [0.4, 0.5) is 5.69 Å². The highest BCUT2D eigenvalue weighted by molar-refractivity contribution is 6.34. The molecule has 0 fully saturated rings. The van der Waals surface area contributed by atoms with Gasteiger partial charge in [-0.3, -0.25) is 9.89 Å². The smallest absolute Gasteiger partial charge is 0.265 e. The van der Waals surface area contributed by atoms with Crippen LogP contribution >= 0.6 is 11.6 Å². The Labute approximate surface area is 301 Å². The summed E-state index contributed by atoms with van der Waals surface area (Å²) in [6, 6.07) is 23.3. The zero-order valence-corrected chi connectivity index (χ0v) is 30.5. The lowest BCUT2D eigenvalue weighted by atomic mass is 10.0. The molecule has 0 bridgehead atoms. The fourth-order valence-corrected chi connectivity index (χ4v) is 6.38. The van der Waals surface area contributed by atoms with Crippen molar-refractivity contribution >= 4 is 28.8 Å². The average molecular weight is 698 g/mol. The van der Waals surface area contributed by atoms with Gasteiger partial charge in [-0.1, -0.05) is 114 Å². The molecule has 3 aromatic carbocycles. The molecule has 0 spiro atoms. The molecule has 0 aliphatic rings. The minimum Gasteiger partial charge on any atom is -0.508 e. The van der Waals surface area contributed by atoms with Gasteiger partial charge in [-0.05, 0) is 91.6 Å². The first-order valence-electron chi connectivity index (χ1n) is 18.4. The van der Waals surface area contributed by atoms with E-state index >= 15 is 0 Å². The summed E-state index contributed by atoms with van der Waals surface area (Å²) in [4.78, 5) is 18.1. The van der Waals surface area contributed by atoms with Crippen molar-refractivity contribution in [1.29, 1.82) is 0 Å². The topological polar surface area (TPSA) is 105 Å². The normalized spacial score (nSPS) is 12.1. The maximum absolute atomic E-state index is 13.6. The number of hydrogen-bond donors (Lipinski definition) is 3. The lowest BCUT2D eigenvalue weighted by molar-refractivity contribution is -0.123. The first-order chi connectivity index (χ1) is 24.3. The number of nitrogens with one attached hydrogen (secondary N) is 2. The Morgan fingerprint density at radius 3 is 2.10 bits per heavy atom. The maximum atomic E-state index is 13.6. The van der Waals surface area contributed by atoms with Crippen LogP contribution in [0.25, 0.3) is 5.65 Å². The number of carbonyl (C=O) groups is 1. The number of fused-ring (bicyclic) bond motifs is 1. The number of phenolic OH excluding ortho intramolecular Hbond substituents is 1. The van der Waals surface area contributed by atoms with Crippen molar-refractivity contribution in [2.75, 3.05) is 5.32 Å². The summed E-state index contributed by atoms with van der Waals surface area (Å²) >= 11 is 6.60. The Bertz CT molecular complexity index is 1760. The number of benzene rings is 3.